The number of aliphatic hydroxyl groups is 2. The molecule has 4 N–H and O–H groups in total. The number of allylic oxidation sites excluding steroid dienone is 5. The molecule has 0 heterocycles. The number of carbonyl (C=O) groups is 1. The Kier molecular flexibility index (Phi) is 32.9. The van der Waals surface area contributed by atoms with Gasteiger partial charge in [-0.15, -0.1) is 0 Å². The fourth-order valence-corrected chi connectivity index (χ4v) is 6.28. The van der Waals surface area contributed by atoms with Crippen LogP contribution in [0.1, 0.15) is 155 Å². The number of nitrogens with one attached hydrogen (secondary N) is 1. The third-order valence-electron chi connectivity index (χ3n) is 8.89. The van der Waals surface area contributed by atoms with E-state index in [1.165, 1.54) is 64.2 Å². The molecule has 0 aliphatic rings. The topological polar surface area (TPSA) is 125 Å². The smallest absolute Gasteiger partial charge is 0.389 e. The van der Waals surface area contributed by atoms with Crippen LogP contribution in [0.25, 0.3) is 0 Å². The van der Waals surface area contributed by atoms with Crippen molar-refractivity contribution in [2.45, 2.75) is 173 Å². The summed E-state index contributed by atoms with van der Waals surface area (Å²) in [7, 11) is 1.52. The van der Waals surface area contributed by atoms with Crippen molar-refractivity contribution in [2.75, 3.05) is 40.9 Å². The normalized spacial score (nSPS) is 15.6. The summed E-state index contributed by atoms with van der Waals surface area (Å²) in [6.45, 7) is 4.55. The van der Waals surface area contributed by atoms with Crippen LogP contribution in [0.4, 0.5) is 0 Å². The molecular weight excluding hydrogens is 675 g/mol. The Bertz CT molecular complexity index is 1010. The minimum Gasteiger partial charge on any atom is -0.389 e. The Balaban J connectivity index is 4.57. The average Bonchev–Trinajstić information content (AvgIpc) is 3.08. The number of rotatable bonds is 36. The molecule has 0 bridgehead atoms. The zero-order valence-corrected chi connectivity index (χ0v) is 34.8. The zero-order chi connectivity index (χ0) is 38.8. The number of hydrogen-bond donors (Lipinski definition) is 4. The van der Waals surface area contributed by atoms with Gasteiger partial charge in [0.1, 0.15) is 13.2 Å². The largest absolute Gasteiger partial charge is 0.472 e. The van der Waals surface area contributed by atoms with Crippen molar-refractivity contribution in [1.29, 1.82) is 0 Å². The first-order valence-corrected chi connectivity index (χ1v) is 22.1. The molecule has 0 spiro atoms. The van der Waals surface area contributed by atoms with Gasteiger partial charge < -0.3 is 24.9 Å². The van der Waals surface area contributed by atoms with E-state index in [1.54, 1.807) is 12.2 Å². The second-order valence-electron chi connectivity index (χ2n) is 15.2. The van der Waals surface area contributed by atoms with Gasteiger partial charge in [0.25, 0.3) is 0 Å². The Morgan fingerprint density at radius 3 is 1.85 bits per heavy atom. The van der Waals surface area contributed by atoms with Crippen LogP contribution in [-0.2, 0) is 18.4 Å². The lowest BCUT2D eigenvalue weighted by molar-refractivity contribution is -0.870. The Morgan fingerprint density at radius 2 is 1.27 bits per heavy atom. The zero-order valence-electron chi connectivity index (χ0n) is 33.9. The highest BCUT2D eigenvalue weighted by Gasteiger charge is 2.27. The van der Waals surface area contributed by atoms with Crippen LogP contribution in [0.5, 0.6) is 0 Å². The van der Waals surface area contributed by atoms with Crippen molar-refractivity contribution in [3.8, 4) is 0 Å². The summed E-state index contributed by atoms with van der Waals surface area (Å²) in [5.74, 6) is -0.220. The van der Waals surface area contributed by atoms with E-state index in [-0.39, 0.29) is 19.1 Å². The molecule has 0 rings (SSSR count). The lowest BCUT2D eigenvalue weighted by Gasteiger charge is -2.25. The second-order valence-corrected chi connectivity index (χ2v) is 16.6. The van der Waals surface area contributed by atoms with Gasteiger partial charge in [-0.25, -0.2) is 4.57 Å². The minimum atomic E-state index is -4.35. The van der Waals surface area contributed by atoms with E-state index >= 15 is 0 Å². The molecule has 304 valence electrons. The van der Waals surface area contributed by atoms with Crippen LogP contribution in [0.2, 0.25) is 0 Å². The molecule has 0 saturated carbocycles. The number of quaternary nitrogens is 1. The molecule has 0 saturated heterocycles. The number of hydrogen-bond acceptors (Lipinski definition) is 6. The van der Waals surface area contributed by atoms with Gasteiger partial charge in [-0.2, -0.15) is 0 Å². The lowest BCUT2D eigenvalue weighted by atomic mass is 10.0. The highest BCUT2D eigenvalue weighted by atomic mass is 31.2. The predicted molar refractivity (Wildman–Crippen MR) is 218 cm³/mol. The first kappa shape index (κ1) is 50.4. The van der Waals surface area contributed by atoms with Gasteiger partial charge in [0, 0.05) is 6.42 Å². The predicted octanol–water partition coefficient (Wildman–Crippen LogP) is 9.88. The fourth-order valence-electron chi connectivity index (χ4n) is 5.55. The summed E-state index contributed by atoms with van der Waals surface area (Å²) in [6.07, 6.45) is 37.9. The summed E-state index contributed by atoms with van der Waals surface area (Å²) in [6, 6.07) is -0.872. The van der Waals surface area contributed by atoms with Crippen molar-refractivity contribution in [1.82, 2.24) is 5.32 Å². The minimum absolute atomic E-state index is 0.0461. The number of aliphatic hydroxyl groups excluding tert-OH is 2. The van der Waals surface area contributed by atoms with Crippen molar-refractivity contribution in [3.05, 3.63) is 48.6 Å². The maximum Gasteiger partial charge on any atom is 0.472 e. The van der Waals surface area contributed by atoms with Gasteiger partial charge >= 0.3 is 7.82 Å². The van der Waals surface area contributed by atoms with E-state index in [2.05, 4.69) is 31.3 Å². The molecule has 0 fully saturated rings. The Morgan fingerprint density at radius 1 is 0.712 bits per heavy atom. The molecule has 4 atom stereocenters. The van der Waals surface area contributed by atoms with E-state index in [0.717, 1.165) is 64.2 Å². The van der Waals surface area contributed by atoms with Crippen molar-refractivity contribution < 1.29 is 38.0 Å². The van der Waals surface area contributed by atoms with Crippen LogP contribution in [0.3, 0.4) is 0 Å². The number of unbranched alkanes of at least 4 members (excludes halogenated alkanes) is 17. The third kappa shape index (κ3) is 35.4. The number of likely N-dealkylation sites (N-methyl/N-ethyl adjacent to an activating group) is 1. The van der Waals surface area contributed by atoms with Crippen LogP contribution >= 0.6 is 7.82 Å². The van der Waals surface area contributed by atoms with Crippen molar-refractivity contribution >= 4 is 13.7 Å². The molecule has 0 aliphatic carbocycles. The van der Waals surface area contributed by atoms with Gasteiger partial charge in [-0.1, -0.05) is 152 Å². The summed E-state index contributed by atoms with van der Waals surface area (Å²) in [5, 5.41) is 23.6. The number of nitrogens with zero attached hydrogens (tertiary/aromatic N) is 1. The number of carbonyl (C=O) groups excluding carboxylic acids is 1. The first-order chi connectivity index (χ1) is 24.9. The number of phosphoric ester groups is 1. The van der Waals surface area contributed by atoms with Crippen LogP contribution in [-0.4, -0.2) is 84.6 Å². The van der Waals surface area contributed by atoms with Crippen LogP contribution < -0.4 is 5.32 Å². The number of phosphoric acid groups is 1. The van der Waals surface area contributed by atoms with E-state index in [9.17, 15) is 24.5 Å². The van der Waals surface area contributed by atoms with Gasteiger partial charge in [0.2, 0.25) is 5.91 Å². The highest BCUT2D eigenvalue weighted by Crippen LogP contribution is 2.43. The van der Waals surface area contributed by atoms with Crippen molar-refractivity contribution in [3.63, 3.8) is 0 Å². The van der Waals surface area contributed by atoms with Gasteiger partial charge in [0.05, 0.1) is 46.0 Å². The SMILES string of the molecule is CC/C=C/CC(O)/C=C/C=C/CCCCCCCC(=O)N[C@@H](COP(=O)(O)OCC[N+](C)(C)C)[C@H](O)/C=C/CCCCCCCCCCCCCC. The molecular formula is C42H80N2O7P+. The van der Waals surface area contributed by atoms with Crippen LogP contribution in [0.15, 0.2) is 48.6 Å². The molecule has 0 aliphatic heterocycles. The summed E-state index contributed by atoms with van der Waals surface area (Å²) < 4.78 is 23.5. The molecule has 9 nitrogen and oxygen atoms in total. The molecule has 52 heavy (non-hydrogen) atoms. The quantitative estimate of drug-likeness (QED) is 0.0165. The Labute approximate surface area is 319 Å². The van der Waals surface area contributed by atoms with Gasteiger partial charge in [-0.05, 0) is 44.9 Å². The number of amides is 1. The monoisotopic (exact) mass is 756 g/mol. The maximum absolute atomic E-state index is 12.8. The first-order valence-electron chi connectivity index (χ1n) is 20.6. The van der Waals surface area contributed by atoms with Crippen LogP contribution in [0, 0.1) is 0 Å². The van der Waals surface area contributed by atoms with Gasteiger partial charge in [-0.3, -0.25) is 13.8 Å². The van der Waals surface area contributed by atoms with E-state index < -0.39 is 26.1 Å². The van der Waals surface area contributed by atoms with Crippen molar-refractivity contribution in [2.24, 2.45) is 0 Å². The van der Waals surface area contributed by atoms with Gasteiger partial charge in [0.15, 0.2) is 0 Å². The average molecular weight is 756 g/mol. The van der Waals surface area contributed by atoms with E-state index in [1.807, 2.05) is 45.4 Å². The van der Waals surface area contributed by atoms with E-state index in [4.69, 9.17) is 9.05 Å². The summed E-state index contributed by atoms with van der Waals surface area (Å²) >= 11 is 0. The summed E-state index contributed by atoms with van der Waals surface area (Å²) in [4.78, 5) is 23.0. The highest BCUT2D eigenvalue weighted by molar-refractivity contribution is 7.47. The lowest BCUT2D eigenvalue weighted by Crippen LogP contribution is -2.45. The second kappa shape index (κ2) is 33.9. The fraction of sp³-hybridized carbons (Fsp3) is 0.786. The molecule has 0 aromatic carbocycles. The molecule has 0 aromatic rings. The molecule has 0 aromatic heterocycles. The standard InChI is InChI=1S/C42H79N2O7P/c1-6-8-10-11-12-13-14-15-16-17-20-23-26-30-34-41(46)40(38-51-52(48,49)50-37-36-44(3,4)5)43-42(47)35-31-27-24-21-18-19-22-25-29-33-39(45)32-28-9-7-2/h9,22,25,28-30,33-34,39-41,45-46H,6-8,10-21,23-24,26-27,31-32,35-38H2,1-5H3,(H-,43,47,48,49)/p+1/b25-22+,28-9+,33-29+,34-30+/t39?,40-,41+/m0/s1. The van der Waals surface area contributed by atoms with E-state index in [0.29, 0.717) is 23.9 Å². The Hall–Kier alpha value is -1.58. The molecule has 1 amide bonds. The molecule has 2 unspecified atom stereocenters. The third-order valence-corrected chi connectivity index (χ3v) is 9.87. The summed E-state index contributed by atoms with van der Waals surface area (Å²) in [5.41, 5.74) is 0. The molecule has 10 heteroatoms. The maximum atomic E-state index is 12.8. The molecule has 0 radical (unpaired) electrons.